The first-order valence-corrected chi connectivity index (χ1v) is 14.0. The molecule has 0 spiro atoms. The molecule has 0 saturated carbocycles. The lowest BCUT2D eigenvalue weighted by atomic mass is 10.0. The predicted octanol–water partition coefficient (Wildman–Crippen LogP) is 0.982. The molecule has 2 fully saturated rings. The van der Waals surface area contributed by atoms with Gasteiger partial charge in [0.1, 0.15) is 23.7 Å². The second-order valence-electron chi connectivity index (χ2n) is 10.6. The SMILES string of the molecule is C[N+]1(CC2=C(C(=O)O)N3C(=O)[C@@H](NC(=O)Cc4ccccc4)[C@@H]3SC2)CCN(C(=O)c2ccc(O)c(O)c2)CC1. The van der Waals surface area contributed by atoms with E-state index in [-0.39, 0.29) is 41.0 Å². The van der Waals surface area contributed by atoms with E-state index in [4.69, 9.17) is 0 Å². The number of nitrogens with one attached hydrogen (secondary N) is 1. The Labute approximate surface area is 235 Å². The van der Waals surface area contributed by atoms with Crippen molar-refractivity contribution >= 4 is 35.5 Å². The number of benzene rings is 2. The summed E-state index contributed by atoms with van der Waals surface area (Å²) in [5.41, 5.74) is 1.74. The van der Waals surface area contributed by atoms with E-state index in [1.807, 2.05) is 37.4 Å². The zero-order valence-electron chi connectivity index (χ0n) is 21.9. The molecule has 40 heavy (non-hydrogen) atoms. The van der Waals surface area contributed by atoms with Crippen LogP contribution in [0.2, 0.25) is 0 Å². The number of carbonyl (C=O) groups is 4. The lowest BCUT2D eigenvalue weighted by molar-refractivity contribution is -0.908. The highest BCUT2D eigenvalue weighted by Gasteiger charge is 2.54. The molecule has 0 bridgehead atoms. The predicted molar refractivity (Wildman–Crippen MR) is 146 cm³/mol. The summed E-state index contributed by atoms with van der Waals surface area (Å²) < 4.78 is 0.501. The number of carboxylic acids is 1. The Bertz CT molecular complexity index is 1390. The van der Waals surface area contributed by atoms with Gasteiger partial charge in [-0.1, -0.05) is 30.3 Å². The van der Waals surface area contributed by atoms with Crippen LogP contribution in [0.4, 0.5) is 0 Å². The summed E-state index contributed by atoms with van der Waals surface area (Å²) in [6, 6.07) is 12.4. The molecule has 2 aromatic rings. The van der Waals surface area contributed by atoms with Crippen molar-refractivity contribution in [3.05, 3.63) is 70.9 Å². The minimum atomic E-state index is -1.17. The molecule has 12 heteroatoms. The van der Waals surface area contributed by atoms with Crippen LogP contribution in [0.5, 0.6) is 11.5 Å². The summed E-state index contributed by atoms with van der Waals surface area (Å²) in [5, 5.41) is 31.6. The Morgan fingerprint density at radius 3 is 2.40 bits per heavy atom. The highest BCUT2D eigenvalue weighted by Crippen LogP contribution is 2.41. The van der Waals surface area contributed by atoms with Gasteiger partial charge in [-0.2, -0.15) is 0 Å². The number of phenols is 2. The van der Waals surface area contributed by atoms with Crippen LogP contribution in [0.25, 0.3) is 0 Å². The van der Waals surface area contributed by atoms with Crippen molar-refractivity contribution in [3.8, 4) is 11.5 Å². The first-order valence-electron chi connectivity index (χ1n) is 12.9. The summed E-state index contributed by atoms with van der Waals surface area (Å²) in [5.74, 6) is -2.37. The van der Waals surface area contributed by atoms with Gasteiger partial charge >= 0.3 is 5.97 Å². The van der Waals surface area contributed by atoms with Crippen molar-refractivity contribution < 1.29 is 39.0 Å². The van der Waals surface area contributed by atoms with Crippen LogP contribution in [-0.4, -0.2) is 110 Å². The second-order valence-corrected chi connectivity index (χ2v) is 11.7. The van der Waals surface area contributed by atoms with Gasteiger partial charge in [-0.3, -0.25) is 19.3 Å². The third-order valence-corrected chi connectivity index (χ3v) is 9.02. The maximum absolute atomic E-state index is 13.0. The molecule has 0 aromatic heterocycles. The van der Waals surface area contributed by atoms with Crippen LogP contribution in [0.3, 0.4) is 0 Å². The highest BCUT2D eigenvalue weighted by atomic mass is 32.2. The number of carboxylic acid groups (broad SMARTS) is 1. The number of thioether (sulfide) groups is 1. The van der Waals surface area contributed by atoms with E-state index in [0.29, 0.717) is 48.5 Å². The number of β-lactam (4-membered cyclic amide) rings is 1. The van der Waals surface area contributed by atoms with E-state index in [9.17, 15) is 34.5 Å². The Hall–Kier alpha value is -4.03. The number of fused-ring (bicyclic) bond motifs is 1. The molecule has 2 saturated heterocycles. The summed E-state index contributed by atoms with van der Waals surface area (Å²) in [7, 11) is 2.00. The van der Waals surface area contributed by atoms with E-state index in [0.717, 1.165) is 5.56 Å². The van der Waals surface area contributed by atoms with Gasteiger partial charge in [0.15, 0.2) is 11.5 Å². The fraction of sp³-hybridized carbons (Fsp3) is 0.357. The molecule has 3 amide bonds. The van der Waals surface area contributed by atoms with Crippen molar-refractivity contribution in [2.45, 2.75) is 17.8 Å². The first-order chi connectivity index (χ1) is 19.1. The van der Waals surface area contributed by atoms with Crippen molar-refractivity contribution in [2.24, 2.45) is 0 Å². The number of hydrogen-bond acceptors (Lipinski definition) is 7. The molecule has 0 unspecified atom stereocenters. The number of aromatic hydroxyl groups is 2. The van der Waals surface area contributed by atoms with Crippen LogP contribution in [0, 0.1) is 0 Å². The topological polar surface area (TPSA) is 147 Å². The van der Waals surface area contributed by atoms with E-state index >= 15 is 0 Å². The number of amides is 3. The molecule has 2 aromatic carbocycles. The van der Waals surface area contributed by atoms with Crippen LogP contribution in [-0.2, 0) is 20.8 Å². The lowest BCUT2D eigenvalue weighted by Crippen LogP contribution is -2.71. The van der Waals surface area contributed by atoms with Gasteiger partial charge in [-0.05, 0) is 23.8 Å². The summed E-state index contributed by atoms with van der Waals surface area (Å²) in [6.45, 7) is 2.43. The van der Waals surface area contributed by atoms with Crippen molar-refractivity contribution in [2.75, 3.05) is 45.5 Å². The minimum absolute atomic E-state index is 0.0141. The number of phenolic OH excluding ortho intramolecular Hbond substituents is 2. The van der Waals surface area contributed by atoms with Gasteiger partial charge in [0.2, 0.25) is 5.91 Å². The van der Waals surface area contributed by atoms with Gasteiger partial charge < -0.3 is 30.0 Å². The molecule has 4 N–H and O–H groups in total. The monoisotopic (exact) mass is 567 g/mol. The molecular weight excluding hydrogens is 536 g/mol. The average Bonchev–Trinajstić information content (AvgIpc) is 2.93. The number of quaternary nitrogens is 1. The fourth-order valence-electron chi connectivity index (χ4n) is 5.42. The van der Waals surface area contributed by atoms with Crippen molar-refractivity contribution in [1.29, 1.82) is 0 Å². The van der Waals surface area contributed by atoms with Crippen LogP contribution >= 0.6 is 11.8 Å². The molecular formula is C28H31N4O7S+. The van der Waals surface area contributed by atoms with E-state index in [2.05, 4.69) is 5.32 Å². The Morgan fingerprint density at radius 2 is 1.75 bits per heavy atom. The highest BCUT2D eigenvalue weighted by molar-refractivity contribution is 8.00. The number of likely N-dealkylation sites (N-methyl/N-ethyl adjacent to an activating group) is 1. The zero-order valence-corrected chi connectivity index (χ0v) is 22.8. The normalized spacial score (nSPS) is 21.9. The molecule has 0 aliphatic carbocycles. The van der Waals surface area contributed by atoms with E-state index < -0.39 is 23.3 Å². The molecule has 3 aliphatic heterocycles. The Morgan fingerprint density at radius 1 is 1.05 bits per heavy atom. The maximum Gasteiger partial charge on any atom is 0.352 e. The molecule has 3 aliphatic rings. The van der Waals surface area contributed by atoms with Crippen LogP contribution in [0.1, 0.15) is 15.9 Å². The third kappa shape index (κ3) is 5.36. The molecule has 2 atom stereocenters. The van der Waals surface area contributed by atoms with Gasteiger partial charge in [0, 0.05) is 16.9 Å². The summed E-state index contributed by atoms with van der Waals surface area (Å²) >= 11 is 1.45. The minimum Gasteiger partial charge on any atom is -0.504 e. The lowest BCUT2D eigenvalue weighted by Gasteiger charge is -2.50. The number of carbonyl (C=O) groups excluding carboxylic acids is 3. The van der Waals surface area contributed by atoms with E-state index in [1.54, 1.807) is 4.90 Å². The number of aliphatic carboxylic acids is 1. The number of piperazine rings is 1. The van der Waals surface area contributed by atoms with Gasteiger partial charge in [-0.15, -0.1) is 11.8 Å². The smallest absolute Gasteiger partial charge is 0.352 e. The quantitative estimate of drug-likeness (QED) is 0.220. The molecule has 11 nitrogen and oxygen atoms in total. The van der Waals surface area contributed by atoms with Gasteiger partial charge in [0.05, 0.1) is 39.6 Å². The summed E-state index contributed by atoms with van der Waals surface area (Å²) in [4.78, 5) is 53.8. The molecule has 5 rings (SSSR count). The van der Waals surface area contributed by atoms with E-state index in [1.165, 1.54) is 34.9 Å². The van der Waals surface area contributed by atoms with Gasteiger partial charge in [0.25, 0.3) is 11.8 Å². The Balaban J connectivity index is 1.23. The molecule has 0 radical (unpaired) electrons. The zero-order chi connectivity index (χ0) is 28.6. The third-order valence-electron chi connectivity index (χ3n) is 7.68. The number of rotatable bonds is 7. The summed E-state index contributed by atoms with van der Waals surface area (Å²) in [6.07, 6.45) is 0.137. The van der Waals surface area contributed by atoms with Crippen molar-refractivity contribution in [3.63, 3.8) is 0 Å². The first kappa shape index (κ1) is 27.5. The standard InChI is InChI=1S/C28H30N4O7S/c1-32(11-9-30(10-12-32)25(36)18-7-8-20(33)21(34)14-18)15-19-16-40-27-23(26(37)31(27)24(19)28(38)39)29-22(35)13-17-5-3-2-4-6-17/h2-8,14,23,27H,9-13,15-16H2,1H3,(H3-,29,33,34,35,36,38,39)/p+1/t23-,27+/m1/s1. The maximum atomic E-state index is 13.0. The van der Waals surface area contributed by atoms with Gasteiger partial charge in [-0.25, -0.2) is 4.79 Å². The number of nitrogens with zero attached hydrogens (tertiary/aromatic N) is 3. The fourth-order valence-corrected chi connectivity index (χ4v) is 6.75. The van der Waals surface area contributed by atoms with Crippen LogP contribution < -0.4 is 5.32 Å². The molecule has 3 heterocycles. The van der Waals surface area contributed by atoms with Crippen molar-refractivity contribution in [1.82, 2.24) is 15.1 Å². The number of hydrogen-bond donors (Lipinski definition) is 4. The Kier molecular flexibility index (Phi) is 7.47. The average molecular weight is 568 g/mol. The largest absolute Gasteiger partial charge is 0.504 e. The molecule has 210 valence electrons. The van der Waals surface area contributed by atoms with Crippen LogP contribution in [0.15, 0.2) is 59.8 Å². The second kappa shape index (κ2) is 10.9.